The molecule has 0 spiro atoms. The molecule has 0 saturated carbocycles. The number of nitrogens with zero attached hydrogens (tertiary/aromatic N) is 1. The van der Waals surface area contributed by atoms with Gasteiger partial charge in [-0.3, -0.25) is 9.59 Å². The Morgan fingerprint density at radius 3 is 2.30 bits per heavy atom. The summed E-state index contributed by atoms with van der Waals surface area (Å²) >= 11 is 6.13. The maximum atomic E-state index is 13.3. The number of nitrogens with one attached hydrogen (secondary N) is 1. The fourth-order valence-electron chi connectivity index (χ4n) is 3.47. The van der Waals surface area contributed by atoms with Crippen molar-refractivity contribution in [1.82, 2.24) is 10.2 Å². The van der Waals surface area contributed by atoms with Gasteiger partial charge in [-0.2, -0.15) is 0 Å². The Morgan fingerprint density at radius 1 is 0.970 bits per heavy atom. The van der Waals surface area contributed by atoms with E-state index in [0.717, 1.165) is 11.1 Å². The Bertz CT molecular complexity index is 932. The van der Waals surface area contributed by atoms with Gasteiger partial charge in [-0.1, -0.05) is 29.8 Å². The van der Waals surface area contributed by atoms with Crippen LogP contribution in [0.1, 0.15) is 52.2 Å². The van der Waals surface area contributed by atoms with Gasteiger partial charge in [0.25, 0.3) is 0 Å². The van der Waals surface area contributed by atoms with Crippen molar-refractivity contribution in [2.24, 2.45) is 0 Å². The topological polar surface area (TPSA) is 67.9 Å². The zero-order valence-corrected chi connectivity index (χ0v) is 20.9. The second-order valence-electron chi connectivity index (χ2n) is 8.14. The first-order valence-electron chi connectivity index (χ1n) is 11.5. The number of hydrogen-bond donors (Lipinski definition) is 1. The van der Waals surface area contributed by atoms with E-state index in [4.69, 9.17) is 21.1 Å². The highest BCUT2D eigenvalue weighted by molar-refractivity contribution is 6.30. The molecule has 0 aliphatic heterocycles. The van der Waals surface area contributed by atoms with E-state index in [1.165, 1.54) is 0 Å². The molecule has 33 heavy (non-hydrogen) atoms. The van der Waals surface area contributed by atoms with Gasteiger partial charge in [-0.25, -0.2) is 0 Å². The molecular formula is C26H35ClN2O4. The van der Waals surface area contributed by atoms with E-state index >= 15 is 0 Å². The SMILES string of the molecule is CCOc1ccc(CCC(=O)N(Cc2cccc(Cl)c2)[C@H](C)C(=O)NC(C)C)cc1OCC. The van der Waals surface area contributed by atoms with Crippen molar-refractivity contribution in [3.63, 3.8) is 0 Å². The molecule has 2 rings (SSSR count). The number of aryl methyl sites for hydroxylation is 1. The number of benzene rings is 2. The van der Waals surface area contributed by atoms with E-state index < -0.39 is 6.04 Å². The van der Waals surface area contributed by atoms with Gasteiger partial charge in [0, 0.05) is 24.0 Å². The van der Waals surface area contributed by atoms with Crippen LogP contribution in [0.5, 0.6) is 11.5 Å². The van der Waals surface area contributed by atoms with E-state index in [9.17, 15) is 9.59 Å². The van der Waals surface area contributed by atoms with E-state index in [-0.39, 0.29) is 24.3 Å². The summed E-state index contributed by atoms with van der Waals surface area (Å²) in [5.74, 6) is 1.08. The van der Waals surface area contributed by atoms with E-state index in [2.05, 4.69) is 5.32 Å². The first-order valence-corrected chi connectivity index (χ1v) is 11.9. The molecule has 0 saturated heterocycles. The Hall–Kier alpha value is -2.73. The summed E-state index contributed by atoms with van der Waals surface area (Å²) in [5.41, 5.74) is 1.84. The molecule has 0 fully saturated rings. The first-order chi connectivity index (χ1) is 15.7. The van der Waals surface area contributed by atoms with Gasteiger partial charge in [0.1, 0.15) is 6.04 Å². The summed E-state index contributed by atoms with van der Waals surface area (Å²) in [5, 5.41) is 3.49. The quantitative estimate of drug-likeness (QED) is 0.469. The summed E-state index contributed by atoms with van der Waals surface area (Å²) in [4.78, 5) is 27.6. The lowest BCUT2D eigenvalue weighted by Gasteiger charge is -2.29. The predicted molar refractivity (Wildman–Crippen MR) is 132 cm³/mol. The molecule has 6 nitrogen and oxygen atoms in total. The van der Waals surface area contributed by atoms with Crippen molar-refractivity contribution < 1.29 is 19.1 Å². The molecule has 0 heterocycles. The fraction of sp³-hybridized carbons (Fsp3) is 0.462. The van der Waals surface area contributed by atoms with Crippen LogP contribution >= 0.6 is 11.6 Å². The van der Waals surface area contributed by atoms with Crippen molar-refractivity contribution in [2.75, 3.05) is 13.2 Å². The maximum absolute atomic E-state index is 13.3. The van der Waals surface area contributed by atoms with Gasteiger partial charge in [-0.05, 0) is 76.4 Å². The van der Waals surface area contributed by atoms with Crippen LogP contribution in [0.2, 0.25) is 5.02 Å². The molecule has 0 aromatic heterocycles. The summed E-state index contributed by atoms with van der Waals surface area (Å²) in [7, 11) is 0. The number of carbonyl (C=O) groups excluding carboxylic acids is 2. The zero-order valence-electron chi connectivity index (χ0n) is 20.2. The average molecular weight is 475 g/mol. The third-order valence-corrected chi connectivity index (χ3v) is 5.31. The first kappa shape index (κ1) is 26.5. The van der Waals surface area contributed by atoms with Crippen molar-refractivity contribution in [3.05, 3.63) is 58.6 Å². The Balaban J connectivity index is 2.18. The highest BCUT2D eigenvalue weighted by Crippen LogP contribution is 2.29. The summed E-state index contributed by atoms with van der Waals surface area (Å²) in [6, 6.07) is 12.5. The summed E-state index contributed by atoms with van der Waals surface area (Å²) in [6.07, 6.45) is 0.787. The predicted octanol–water partition coefficient (Wildman–Crippen LogP) is 5.01. The maximum Gasteiger partial charge on any atom is 0.242 e. The Kier molecular flexibility index (Phi) is 10.5. The number of hydrogen-bond acceptors (Lipinski definition) is 4. The fourth-order valence-corrected chi connectivity index (χ4v) is 3.68. The highest BCUT2D eigenvalue weighted by atomic mass is 35.5. The summed E-state index contributed by atoms with van der Waals surface area (Å²) in [6.45, 7) is 10.8. The minimum Gasteiger partial charge on any atom is -0.490 e. The van der Waals surface area contributed by atoms with Crippen molar-refractivity contribution in [2.45, 2.75) is 66.1 Å². The normalized spacial score (nSPS) is 11.7. The highest BCUT2D eigenvalue weighted by Gasteiger charge is 2.26. The molecule has 7 heteroatoms. The molecule has 2 aromatic carbocycles. The van der Waals surface area contributed by atoms with Gasteiger partial charge in [-0.15, -0.1) is 0 Å². The molecule has 0 aliphatic rings. The van der Waals surface area contributed by atoms with E-state index in [0.29, 0.717) is 42.7 Å². The van der Waals surface area contributed by atoms with Crippen LogP contribution in [-0.2, 0) is 22.6 Å². The minimum absolute atomic E-state index is 0.0103. The van der Waals surface area contributed by atoms with Crippen LogP contribution < -0.4 is 14.8 Å². The molecule has 0 unspecified atom stereocenters. The van der Waals surface area contributed by atoms with Crippen LogP contribution in [0.25, 0.3) is 0 Å². The summed E-state index contributed by atoms with van der Waals surface area (Å²) < 4.78 is 11.3. The third-order valence-electron chi connectivity index (χ3n) is 5.08. The number of amides is 2. The van der Waals surface area contributed by atoms with Crippen LogP contribution in [0.3, 0.4) is 0 Å². The molecule has 0 radical (unpaired) electrons. The van der Waals surface area contributed by atoms with E-state index in [1.807, 2.05) is 64.1 Å². The van der Waals surface area contributed by atoms with E-state index in [1.54, 1.807) is 17.9 Å². The van der Waals surface area contributed by atoms with Crippen LogP contribution in [0.4, 0.5) is 0 Å². The van der Waals surface area contributed by atoms with Gasteiger partial charge >= 0.3 is 0 Å². The van der Waals surface area contributed by atoms with Crippen LogP contribution in [-0.4, -0.2) is 42.0 Å². The standard InChI is InChI=1S/C26H35ClN2O4/c1-6-32-23-13-11-20(16-24(23)33-7-2)12-14-25(30)29(19(5)26(31)28-18(3)4)17-21-9-8-10-22(27)15-21/h8-11,13,15-16,18-19H,6-7,12,14,17H2,1-5H3,(H,28,31)/t19-/m1/s1. The molecule has 0 aliphatic carbocycles. The third kappa shape index (κ3) is 8.28. The average Bonchev–Trinajstić information content (AvgIpc) is 2.76. The number of carbonyl (C=O) groups is 2. The Morgan fingerprint density at radius 2 is 1.67 bits per heavy atom. The molecule has 2 amide bonds. The van der Waals surface area contributed by atoms with Crippen molar-refractivity contribution in [3.8, 4) is 11.5 Å². The molecule has 180 valence electrons. The molecule has 0 bridgehead atoms. The van der Waals surface area contributed by atoms with Crippen molar-refractivity contribution >= 4 is 23.4 Å². The second kappa shape index (κ2) is 13.1. The molecular weight excluding hydrogens is 440 g/mol. The lowest BCUT2D eigenvalue weighted by molar-refractivity contribution is -0.140. The largest absolute Gasteiger partial charge is 0.490 e. The number of halogens is 1. The molecule has 2 aromatic rings. The molecule has 1 atom stereocenters. The lowest BCUT2D eigenvalue weighted by atomic mass is 10.1. The zero-order chi connectivity index (χ0) is 24.4. The number of ether oxygens (including phenoxy) is 2. The van der Waals surface area contributed by atoms with Crippen LogP contribution in [0.15, 0.2) is 42.5 Å². The lowest BCUT2D eigenvalue weighted by Crippen LogP contribution is -2.49. The monoisotopic (exact) mass is 474 g/mol. The smallest absolute Gasteiger partial charge is 0.242 e. The van der Waals surface area contributed by atoms with Crippen LogP contribution in [0, 0.1) is 0 Å². The second-order valence-corrected chi connectivity index (χ2v) is 8.57. The van der Waals surface area contributed by atoms with Gasteiger partial charge < -0.3 is 19.7 Å². The van der Waals surface area contributed by atoms with Crippen molar-refractivity contribution in [1.29, 1.82) is 0 Å². The Labute approximate surface area is 202 Å². The molecule has 1 N–H and O–H groups in total. The van der Waals surface area contributed by atoms with Gasteiger partial charge in [0.15, 0.2) is 11.5 Å². The van der Waals surface area contributed by atoms with Gasteiger partial charge in [0.05, 0.1) is 13.2 Å². The minimum atomic E-state index is -0.613. The van der Waals surface area contributed by atoms with Gasteiger partial charge in [0.2, 0.25) is 11.8 Å². The number of rotatable bonds is 12.